The Labute approximate surface area is 151 Å². The summed E-state index contributed by atoms with van der Waals surface area (Å²) in [5.41, 5.74) is 6.92. The lowest BCUT2D eigenvalue weighted by molar-refractivity contribution is -0.124. The number of nitrogens with one attached hydrogen (secondary N) is 1. The number of nitrogens with two attached hydrogens (primary N) is 1. The zero-order valence-corrected chi connectivity index (χ0v) is 16.0. The fourth-order valence-corrected chi connectivity index (χ4v) is 2.98. The predicted molar refractivity (Wildman–Crippen MR) is 96.4 cm³/mol. The molecule has 3 N–H and O–H groups in total. The lowest BCUT2D eigenvalue weighted by atomic mass is 9.98. The normalized spacial score (nSPS) is 16.7. The third-order valence-corrected chi connectivity index (χ3v) is 4.73. The van der Waals surface area contributed by atoms with Crippen LogP contribution in [0.5, 0.6) is 11.5 Å². The number of hydrogen-bond donors (Lipinski definition) is 2. The summed E-state index contributed by atoms with van der Waals surface area (Å²) in [5.74, 6) is 1.44. The zero-order valence-electron chi connectivity index (χ0n) is 13.6. The minimum atomic E-state index is -0.497. The molecule has 0 aliphatic carbocycles. The summed E-state index contributed by atoms with van der Waals surface area (Å²) in [7, 11) is 0. The van der Waals surface area contributed by atoms with Crippen molar-refractivity contribution in [1.29, 1.82) is 0 Å². The van der Waals surface area contributed by atoms with E-state index in [-0.39, 0.29) is 30.3 Å². The molecule has 7 heteroatoms. The van der Waals surface area contributed by atoms with E-state index in [0.29, 0.717) is 19.0 Å². The van der Waals surface area contributed by atoms with Crippen LogP contribution in [0.4, 0.5) is 0 Å². The highest BCUT2D eigenvalue weighted by Crippen LogP contribution is 2.37. The topological polar surface area (TPSA) is 73.6 Å². The maximum atomic E-state index is 12.2. The van der Waals surface area contributed by atoms with Gasteiger partial charge in [0, 0.05) is 4.47 Å². The molecule has 0 spiro atoms. The van der Waals surface area contributed by atoms with E-state index in [9.17, 15) is 4.79 Å². The molecule has 23 heavy (non-hydrogen) atoms. The Morgan fingerprint density at radius 1 is 1.30 bits per heavy atom. The van der Waals surface area contributed by atoms with Crippen molar-refractivity contribution in [3.63, 3.8) is 0 Å². The van der Waals surface area contributed by atoms with Gasteiger partial charge in [-0.05, 0) is 30.5 Å². The highest BCUT2D eigenvalue weighted by atomic mass is 79.9. The minimum absolute atomic E-state index is 0. The largest absolute Gasteiger partial charge is 0.486 e. The first-order chi connectivity index (χ1) is 10.4. The van der Waals surface area contributed by atoms with Crippen molar-refractivity contribution in [2.45, 2.75) is 39.3 Å². The standard InChI is InChI=1S/C16H23BrN2O3.ClH/c1-4-9(2)15(18)16(20)19-10(3)11-7-13-14(8-12(11)17)22-6-5-21-13;/h7-10,15H,4-6,18H2,1-3H3,(H,19,20);1H. The fourth-order valence-electron chi connectivity index (χ4n) is 2.31. The summed E-state index contributed by atoms with van der Waals surface area (Å²) in [6.45, 7) is 7.02. The monoisotopic (exact) mass is 406 g/mol. The van der Waals surface area contributed by atoms with Gasteiger partial charge in [0.1, 0.15) is 13.2 Å². The van der Waals surface area contributed by atoms with Crippen molar-refractivity contribution in [1.82, 2.24) is 5.32 Å². The number of carbonyl (C=O) groups is 1. The van der Waals surface area contributed by atoms with Crippen LogP contribution in [0.2, 0.25) is 0 Å². The number of benzene rings is 1. The highest BCUT2D eigenvalue weighted by molar-refractivity contribution is 9.10. The minimum Gasteiger partial charge on any atom is -0.486 e. The van der Waals surface area contributed by atoms with E-state index in [0.717, 1.165) is 22.2 Å². The Bertz CT molecular complexity index is 556. The van der Waals surface area contributed by atoms with E-state index >= 15 is 0 Å². The molecule has 0 bridgehead atoms. The first-order valence-electron chi connectivity index (χ1n) is 7.59. The van der Waals surface area contributed by atoms with Crippen LogP contribution in [0, 0.1) is 5.92 Å². The van der Waals surface area contributed by atoms with Gasteiger partial charge in [0.2, 0.25) is 5.91 Å². The molecule has 1 aliphatic rings. The zero-order chi connectivity index (χ0) is 16.3. The SMILES string of the molecule is CCC(C)C(N)C(=O)NC(C)c1cc2c(cc1Br)OCCO2.Cl. The quantitative estimate of drug-likeness (QED) is 0.786. The van der Waals surface area contributed by atoms with Crippen LogP contribution in [0.15, 0.2) is 16.6 Å². The molecule has 0 fully saturated rings. The first kappa shape index (κ1) is 20.1. The summed E-state index contributed by atoms with van der Waals surface area (Å²) < 4.78 is 12.0. The van der Waals surface area contributed by atoms with E-state index in [4.69, 9.17) is 15.2 Å². The summed E-state index contributed by atoms with van der Waals surface area (Å²) in [6, 6.07) is 3.11. The maximum absolute atomic E-state index is 12.2. The van der Waals surface area contributed by atoms with Gasteiger partial charge in [0.15, 0.2) is 11.5 Å². The molecule has 1 aromatic rings. The Morgan fingerprint density at radius 3 is 2.43 bits per heavy atom. The number of rotatable bonds is 5. The van der Waals surface area contributed by atoms with Crippen molar-refractivity contribution >= 4 is 34.2 Å². The van der Waals surface area contributed by atoms with Crippen LogP contribution in [0.25, 0.3) is 0 Å². The van der Waals surface area contributed by atoms with Crippen LogP contribution in [0.3, 0.4) is 0 Å². The van der Waals surface area contributed by atoms with Crippen molar-refractivity contribution in [2.24, 2.45) is 11.7 Å². The number of carbonyl (C=O) groups excluding carboxylic acids is 1. The molecule has 0 saturated heterocycles. The number of ether oxygens (including phenoxy) is 2. The van der Waals surface area contributed by atoms with E-state index in [1.54, 1.807) is 0 Å². The molecular weight excluding hydrogens is 384 g/mol. The average molecular weight is 408 g/mol. The molecule has 3 atom stereocenters. The van der Waals surface area contributed by atoms with Gasteiger partial charge in [-0.2, -0.15) is 0 Å². The van der Waals surface area contributed by atoms with Crippen LogP contribution in [-0.2, 0) is 4.79 Å². The van der Waals surface area contributed by atoms with Crippen LogP contribution < -0.4 is 20.5 Å². The maximum Gasteiger partial charge on any atom is 0.237 e. The van der Waals surface area contributed by atoms with Gasteiger partial charge in [0.05, 0.1) is 12.1 Å². The van der Waals surface area contributed by atoms with Gasteiger partial charge in [-0.1, -0.05) is 36.2 Å². The van der Waals surface area contributed by atoms with Gasteiger partial charge in [-0.25, -0.2) is 0 Å². The van der Waals surface area contributed by atoms with Gasteiger partial charge >= 0.3 is 0 Å². The van der Waals surface area contributed by atoms with Gasteiger partial charge in [0.25, 0.3) is 0 Å². The molecule has 0 radical (unpaired) electrons. The highest BCUT2D eigenvalue weighted by Gasteiger charge is 2.23. The molecule has 1 amide bonds. The number of hydrogen-bond acceptors (Lipinski definition) is 4. The Hall–Kier alpha value is -0.980. The second-order valence-electron chi connectivity index (χ2n) is 5.66. The van der Waals surface area contributed by atoms with Crippen molar-refractivity contribution in [3.05, 3.63) is 22.2 Å². The van der Waals surface area contributed by atoms with Crippen LogP contribution >= 0.6 is 28.3 Å². The molecule has 1 aromatic carbocycles. The molecule has 0 aromatic heterocycles. The number of fused-ring (bicyclic) bond motifs is 1. The molecule has 2 rings (SSSR count). The fraction of sp³-hybridized carbons (Fsp3) is 0.562. The second kappa shape index (κ2) is 8.76. The second-order valence-corrected chi connectivity index (χ2v) is 6.51. The predicted octanol–water partition coefficient (Wildman–Crippen LogP) is 3.19. The lowest BCUT2D eigenvalue weighted by Gasteiger charge is -2.24. The first-order valence-corrected chi connectivity index (χ1v) is 8.38. The molecule has 3 unspecified atom stereocenters. The number of halogens is 2. The summed E-state index contributed by atoms with van der Waals surface area (Å²) in [5, 5.41) is 2.97. The van der Waals surface area contributed by atoms with Gasteiger partial charge in [-0.15, -0.1) is 12.4 Å². The van der Waals surface area contributed by atoms with Gasteiger partial charge < -0.3 is 20.5 Å². The number of amides is 1. The third-order valence-electron chi connectivity index (χ3n) is 4.05. The summed E-state index contributed by atoms with van der Waals surface area (Å²) in [6.07, 6.45) is 0.872. The molecule has 130 valence electrons. The average Bonchev–Trinajstić information content (AvgIpc) is 2.52. The Morgan fingerprint density at radius 2 is 1.87 bits per heavy atom. The van der Waals surface area contributed by atoms with E-state index < -0.39 is 6.04 Å². The Kier molecular flexibility index (Phi) is 7.64. The smallest absolute Gasteiger partial charge is 0.237 e. The molecule has 1 heterocycles. The Balaban J connectivity index is 0.00000264. The van der Waals surface area contributed by atoms with E-state index in [1.807, 2.05) is 32.9 Å². The molecule has 1 aliphatic heterocycles. The third kappa shape index (κ3) is 4.75. The lowest BCUT2D eigenvalue weighted by Crippen LogP contribution is -2.45. The van der Waals surface area contributed by atoms with Gasteiger partial charge in [-0.3, -0.25) is 4.79 Å². The van der Waals surface area contributed by atoms with E-state index in [2.05, 4.69) is 21.2 Å². The van der Waals surface area contributed by atoms with Crippen molar-refractivity contribution in [2.75, 3.05) is 13.2 Å². The molecular formula is C16H24BrClN2O3. The van der Waals surface area contributed by atoms with Crippen LogP contribution in [-0.4, -0.2) is 25.2 Å². The van der Waals surface area contributed by atoms with Crippen molar-refractivity contribution in [3.8, 4) is 11.5 Å². The summed E-state index contributed by atoms with van der Waals surface area (Å²) >= 11 is 3.53. The molecule has 5 nitrogen and oxygen atoms in total. The molecule has 0 saturated carbocycles. The van der Waals surface area contributed by atoms with Crippen molar-refractivity contribution < 1.29 is 14.3 Å². The van der Waals surface area contributed by atoms with E-state index in [1.165, 1.54) is 0 Å². The van der Waals surface area contributed by atoms with Crippen LogP contribution in [0.1, 0.15) is 38.8 Å². The summed E-state index contributed by atoms with van der Waals surface area (Å²) in [4.78, 5) is 12.2.